The summed E-state index contributed by atoms with van der Waals surface area (Å²) in [5.41, 5.74) is 5.93. The van der Waals surface area contributed by atoms with Crippen molar-refractivity contribution in [3.63, 3.8) is 0 Å². The van der Waals surface area contributed by atoms with Crippen molar-refractivity contribution in [2.45, 2.75) is 32.4 Å². The highest BCUT2D eigenvalue weighted by Gasteiger charge is 2.06. The van der Waals surface area contributed by atoms with E-state index in [0.717, 1.165) is 32.7 Å². The second kappa shape index (κ2) is 9.09. The average Bonchev–Trinajstić information content (AvgIpc) is 2.14. The normalized spacial score (nSPS) is 13.8. The molecule has 15 heavy (non-hydrogen) atoms. The van der Waals surface area contributed by atoms with Crippen molar-refractivity contribution < 1.29 is 9.47 Å². The summed E-state index contributed by atoms with van der Waals surface area (Å²) >= 11 is 0. The van der Waals surface area contributed by atoms with E-state index < -0.39 is 0 Å². The number of ether oxygens (including phenoxy) is 2. The highest BCUT2D eigenvalue weighted by atomic mass is 16.5. The van der Waals surface area contributed by atoms with Gasteiger partial charge in [0.25, 0.3) is 0 Å². The van der Waals surface area contributed by atoms with E-state index in [9.17, 15) is 0 Å². The molecular weight excluding hydrogens is 192 g/mol. The Bertz CT molecular complexity index is 143. The van der Waals surface area contributed by atoms with Crippen LogP contribution in [-0.2, 0) is 9.47 Å². The zero-order valence-corrected chi connectivity index (χ0v) is 10.5. The molecule has 0 aromatic rings. The van der Waals surface area contributed by atoms with Gasteiger partial charge < -0.3 is 20.1 Å². The van der Waals surface area contributed by atoms with Crippen molar-refractivity contribution in [3.8, 4) is 0 Å². The van der Waals surface area contributed by atoms with Gasteiger partial charge >= 0.3 is 0 Å². The zero-order valence-electron chi connectivity index (χ0n) is 10.5. The van der Waals surface area contributed by atoms with Crippen LogP contribution in [0.15, 0.2) is 0 Å². The summed E-state index contributed by atoms with van der Waals surface area (Å²) in [5.74, 6) is 0. The van der Waals surface area contributed by atoms with E-state index in [1.165, 1.54) is 0 Å². The summed E-state index contributed by atoms with van der Waals surface area (Å²) in [7, 11) is 3.77. The Morgan fingerprint density at radius 3 is 2.47 bits per heavy atom. The molecule has 0 aromatic heterocycles. The van der Waals surface area contributed by atoms with Crippen molar-refractivity contribution in [1.29, 1.82) is 0 Å². The van der Waals surface area contributed by atoms with Gasteiger partial charge in [-0.15, -0.1) is 0 Å². The molecule has 92 valence electrons. The largest absolute Gasteiger partial charge is 0.385 e. The van der Waals surface area contributed by atoms with E-state index >= 15 is 0 Å². The molecule has 0 bridgehead atoms. The van der Waals surface area contributed by atoms with Gasteiger partial charge in [-0.05, 0) is 27.3 Å². The number of methoxy groups -OCH3 is 1. The van der Waals surface area contributed by atoms with Crippen LogP contribution >= 0.6 is 0 Å². The van der Waals surface area contributed by atoms with Gasteiger partial charge in [0.1, 0.15) is 0 Å². The van der Waals surface area contributed by atoms with E-state index in [1.54, 1.807) is 7.11 Å². The summed E-state index contributed by atoms with van der Waals surface area (Å²) in [6.45, 7) is 7.42. The number of likely N-dealkylation sites (N-methyl/N-ethyl adjacent to an activating group) is 1. The number of nitrogens with zero attached hydrogens (tertiary/aromatic N) is 1. The second-order valence-corrected chi connectivity index (χ2v) is 4.22. The maximum atomic E-state index is 5.93. The Morgan fingerprint density at radius 1 is 1.27 bits per heavy atom. The second-order valence-electron chi connectivity index (χ2n) is 4.22. The summed E-state index contributed by atoms with van der Waals surface area (Å²) in [5, 5.41) is 0. The van der Waals surface area contributed by atoms with Crippen LogP contribution in [-0.4, -0.2) is 57.5 Å². The number of hydrogen-bond donors (Lipinski definition) is 1. The Hall–Kier alpha value is -0.160. The van der Waals surface area contributed by atoms with Crippen molar-refractivity contribution in [2.24, 2.45) is 5.73 Å². The summed E-state index contributed by atoms with van der Waals surface area (Å²) in [6.07, 6.45) is 1.21. The molecule has 4 nitrogen and oxygen atoms in total. The molecule has 0 saturated heterocycles. The lowest BCUT2D eigenvalue weighted by Gasteiger charge is -2.21. The van der Waals surface area contributed by atoms with E-state index in [0.29, 0.717) is 6.10 Å². The third-order valence-corrected chi connectivity index (χ3v) is 2.16. The maximum Gasteiger partial charge on any atom is 0.0596 e. The third-order valence-electron chi connectivity index (χ3n) is 2.16. The van der Waals surface area contributed by atoms with Gasteiger partial charge in [0.15, 0.2) is 0 Å². The van der Waals surface area contributed by atoms with Gasteiger partial charge in [-0.1, -0.05) is 0 Å². The molecule has 4 heteroatoms. The molecule has 0 aliphatic rings. The fraction of sp³-hybridized carbons (Fsp3) is 1.00. The predicted octanol–water partition coefficient (Wildman–Crippen LogP) is 0.707. The average molecular weight is 218 g/mol. The van der Waals surface area contributed by atoms with E-state index in [2.05, 4.69) is 11.9 Å². The molecule has 0 radical (unpaired) electrons. The smallest absolute Gasteiger partial charge is 0.0596 e. The molecule has 0 aliphatic carbocycles. The molecule has 0 fully saturated rings. The Kier molecular flexibility index (Phi) is 9.00. The summed E-state index contributed by atoms with van der Waals surface area (Å²) in [4.78, 5) is 2.20. The van der Waals surface area contributed by atoms with E-state index in [4.69, 9.17) is 15.2 Å². The van der Waals surface area contributed by atoms with Gasteiger partial charge in [-0.3, -0.25) is 0 Å². The van der Waals surface area contributed by atoms with Crippen molar-refractivity contribution in [3.05, 3.63) is 0 Å². The molecule has 0 saturated carbocycles. The molecule has 1 unspecified atom stereocenters. The minimum atomic E-state index is 0.189. The highest BCUT2D eigenvalue weighted by Crippen LogP contribution is 1.94. The lowest BCUT2D eigenvalue weighted by atomic mass is 10.2. The first-order valence-electron chi connectivity index (χ1n) is 5.61. The van der Waals surface area contributed by atoms with Crippen LogP contribution in [0, 0.1) is 0 Å². The summed E-state index contributed by atoms with van der Waals surface area (Å²) < 4.78 is 10.5. The fourth-order valence-corrected chi connectivity index (χ4v) is 1.30. The van der Waals surface area contributed by atoms with Crippen LogP contribution in [0.25, 0.3) is 0 Å². The standard InChI is InChI=1S/C11H26N2O2/c1-10(2)15-8-6-13(3)9-11(12)5-7-14-4/h10-11H,5-9,12H2,1-4H3. The minimum absolute atomic E-state index is 0.189. The SMILES string of the molecule is COCCC(N)CN(C)CCOC(C)C. The fourth-order valence-electron chi connectivity index (χ4n) is 1.30. The van der Waals surface area contributed by atoms with Crippen LogP contribution in [0.5, 0.6) is 0 Å². The quantitative estimate of drug-likeness (QED) is 0.619. The first-order chi connectivity index (χ1) is 7.06. The molecule has 2 N–H and O–H groups in total. The molecule has 0 spiro atoms. The lowest BCUT2D eigenvalue weighted by molar-refractivity contribution is 0.0623. The topological polar surface area (TPSA) is 47.7 Å². The summed E-state index contributed by atoms with van der Waals surface area (Å²) in [6, 6.07) is 0.189. The molecule has 0 heterocycles. The van der Waals surface area contributed by atoms with Gasteiger partial charge in [0.2, 0.25) is 0 Å². The third kappa shape index (κ3) is 10.1. The molecule has 1 atom stereocenters. The van der Waals surface area contributed by atoms with Crippen LogP contribution in [0.1, 0.15) is 20.3 Å². The first kappa shape index (κ1) is 14.8. The van der Waals surface area contributed by atoms with Crippen LogP contribution < -0.4 is 5.73 Å². The van der Waals surface area contributed by atoms with Crippen molar-refractivity contribution >= 4 is 0 Å². The van der Waals surface area contributed by atoms with Gasteiger partial charge in [0, 0.05) is 32.8 Å². The Labute approximate surface area is 93.7 Å². The predicted molar refractivity (Wildman–Crippen MR) is 63.1 cm³/mol. The Morgan fingerprint density at radius 2 is 1.93 bits per heavy atom. The number of hydrogen-bond acceptors (Lipinski definition) is 4. The molecule has 0 rings (SSSR count). The van der Waals surface area contributed by atoms with Gasteiger partial charge in [0.05, 0.1) is 12.7 Å². The molecule has 0 aromatic carbocycles. The molecular formula is C11H26N2O2. The van der Waals surface area contributed by atoms with Crippen LogP contribution in [0.4, 0.5) is 0 Å². The molecule has 0 amide bonds. The van der Waals surface area contributed by atoms with Crippen LogP contribution in [0.3, 0.4) is 0 Å². The van der Waals surface area contributed by atoms with Gasteiger partial charge in [-0.2, -0.15) is 0 Å². The molecule has 0 aliphatic heterocycles. The zero-order chi connectivity index (χ0) is 11.7. The van der Waals surface area contributed by atoms with Crippen LogP contribution in [0.2, 0.25) is 0 Å². The monoisotopic (exact) mass is 218 g/mol. The highest BCUT2D eigenvalue weighted by molar-refractivity contribution is 4.65. The van der Waals surface area contributed by atoms with Crippen molar-refractivity contribution in [2.75, 3.05) is 40.5 Å². The van der Waals surface area contributed by atoms with E-state index in [-0.39, 0.29) is 6.04 Å². The minimum Gasteiger partial charge on any atom is -0.385 e. The Balaban J connectivity index is 3.42. The van der Waals surface area contributed by atoms with Gasteiger partial charge in [-0.25, -0.2) is 0 Å². The number of nitrogens with two attached hydrogens (primary N) is 1. The number of rotatable bonds is 9. The first-order valence-corrected chi connectivity index (χ1v) is 5.61. The lowest BCUT2D eigenvalue weighted by Crippen LogP contribution is -2.37. The van der Waals surface area contributed by atoms with E-state index in [1.807, 2.05) is 13.8 Å². The van der Waals surface area contributed by atoms with Crippen molar-refractivity contribution in [1.82, 2.24) is 4.90 Å². The maximum absolute atomic E-state index is 5.93.